The predicted octanol–water partition coefficient (Wildman–Crippen LogP) is 18.6. The van der Waals surface area contributed by atoms with E-state index < -0.39 is 49.5 Å². The van der Waals surface area contributed by atoms with Gasteiger partial charge in [0.2, 0.25) is 5.91 Å². The molecule has 1 aliphatic rings. The third-order valence-electron chi connectivity index (χ3n) is 16.4. The first-order valence-electron chi connectivity index (χ1n) is 34.5. The van der Waals surface area contributed by atoms with Crippen LogP contribution < -0.4 is 5.32 Å². The lowest BCUT2D eigenvalue weighted by Gasteiger charge is -2.40. The molecule has 0 saturated carbocycles. The number of carbonyl (C=O) groups excluding carboxylic acids is 1. The van der Waals surface area contributed by atoms with Crippen LogP contribution in [-0.2, 0) is 14.3 Å². The van der Waals surface area contributed by atoms with E-state index in [2.05, 4.69) is 79.9 Å². The van der Waals surface area contributed by atoms with Crippen molar-refractivity contribution in [2.45, 2.75) is 371 Å². The van der Waals surface area contributed by atoms with Gasteiger partial charge in [0.15, 0.2) is 6.29 Å². The van der Waals surface area contributed by atoms with Crippen LogP contribution in [0.5, 0.6) is 0 Å². The number of amides is 1. The number of carbonyl (C=O) groups is 1. The third-order valence-corrected chi connectivity index (χ3v) is 16.4. The molecule has 6 N–H and O–H groups in total. The highest BCUT2D eigenvalue weighted by Crippen LogP contribution is 2.24. The summed E-state index contributed by atoms with van der Waals surface area (Å²) in [4.78, 5) is 13.1. The van der Waals surface area contributed by atoms with Gasteiger partial charge >= 0.3 is 0 Å². The minimum atomic E-state index is -1.55. The Morgan fingerprint density at radius 3 is 1.15 bits per heavy atom. The van der Waals surface area contributed by atoms with Gasteiger partial charge < -0.3 is 40.3 Å². The normalized spacial score (nSPS) is 18.8. The first-order chi connectivity index (χ1) is 39.3. The Hall–Kier alpha value is -2.11. The van der Waals surface area contributed by atoms with E-state index in [1.54, 1.807) is 0 Å². The van der Waals surface area contributed by atoms with Gasteiger partial charge in [-0.3, -0.25) is 4.79 Å². The maximum Gasteiger partial charge on any atom is 0.220 e. The molecular formula is C71H131NO8. The van der Waals surface area contributed by atoms with Gasteiger partial charge in [0.1, 0.15) is 24.4 Å². The second-order valence-corrected chi connectivity index (χ2v) is 23.9. The van der Waals surface area contributed by atoms with Crippen molar-refractivity contribution in [3.05, 3.63) is 60.8 Å². The molecule has 0 aliphatic carbocycles. The molecule has 1 aliphatic heterocycles. The molecule has 0 aromatic carbocycles. The topological polar surface area (TPSA) is 149 Å². The average Bonchev–Trinajstić information content (AvgIpc) is 3.46. The van der Waals surface area contributed by atoms with E-state index in [4.69, 9.17) is 9.47 Å². The fourth-order valence-corrected chi connectivity index (χ4v) is 11.0. The molecule has 1 amide bonds. The zero-order valence-electron chi connectivity index (χ0n) is 52.3. The van der Waals surface area contributed by atoms with Crippen LogP contribution >= 0.6 is 0 Å². The van der Waals surface area contributed by atoms with Crippen LogP contribution in [0.3, 0.4) is 0 Å². The highest BCUT2D eigenvalue weighted by Gasteiger charge is 2.44. The van der Waals surface area contributed by atoms with Crippen molar-refractivity contribution < 1.29 is 39.8 Å². The number of aliphatic hydroxyl groups is 5. The minimum Gasteiger partial charge on any atom is -0.394 e. The van der Waals surface area contributed by atoms with E-state index in [1.165, 1.54) is 231 Å². The van der Waals surface area contributed by atoms with E-state index in [1.807, 2.05) is 0 Å². The van der Waals surface area contributed by atoms with E-state index in [0.29, 0.717) is 12.8 Å². The monoisotopic (exact) mass is 1130 g/mol. The smallest absolute Gasteiger partial charge is 0.220 e. The lowest BCUT2D eigenvalue weighted by Crippen LogP contribution is -2.60. The molecule has 7 atom stereocenters. The van der Waals surface area contributed by atoms with Crippen molar-refractivity contribution in [1.29, 1.82) is 0 Å². The Morgan fingerprint density at radius 2 is 0.775 bits per heavy atom. The van der Waals surface area contributed by atoms with E-state index in [-0.39, 0.29) is 12.5 Å². The summed E-state index contributed by atoms with van der Waals surface area (Å²) in [5.74, 6) is -0.140. The molecule has 1 heterocycles. The fourth-order valence-electron chi connectivity index (χ4n) is 11.0. The van der Waals surface area contributed by atoms with Crippen LogP contribution in [0.15, 0.2) is 60.8 Å². The summed E-state index contributed by atoms with van der Waals surface area (Å²) in [5, 5.41) is 54.9. The summed E-state index contributed by atoms with van der Waals surface area (Å²) >= 11 is 0. The first kappa shape index (κ1) is 75.9. The molecule has 0 bridgehead atoms. The Bertz CT molecular complexity index is 1450. The molecule has 0 aromatic rings. The summed E-state index contributed by atoms with van der Waals surface area (Å²) in [5.41, 5.74) is 0. The summed E-state index contributed by atoms with van der Waals surface area (Å²) < 4.78 is 11.4. The molecule has 0 spiro atoms. The van der Waals surface area contributed by atoms with Crippen molar-refractivity contribution in [2.75, 3.05) is 13.2 Å². The molecule has 9 heteroatoms. The van der Waals surface area contributed by atoms with Gasteiger partial charge in [-0.2, -0.15) is 0 Å². The lowest BCUT2D eigenvalue weighted by atomic mass is 9.99. The Morgan fingerprint density at radius 1 is 0.438 bits per heavy atom. The second-order valence-electron chi connectivity index (χ2n) is 23.9. The molecule has 9 nitrogen and oxygen atoms in total. The van der Waals surface area contributed by atoms with E-state index in [0.717, 1.165) is 70.6 Å². The largest absolute Gasteiger partial charge is 0.394 e. The zero-order chi connectivity index (χ0) is 57.9. The van der Waals surface area contributed by atoms with Gasteiger partial charge in [-0.15, -0.1) is 0 Å². The van der Waals surface area contributed by atoms with Crippen molar-refractivity contribution in [2.24, 2.45) is 0 Å². The fraction of sp³-hybridized carbons (Fsp3) is 0.845. The molecule has 1 rings (SSSR count). The van der Waals surface area contributed by atoms with Crippen molar-refractivity contribution in [3.8, 4) is 0 Å². The molecule has 0 aromatic heterocycles. The number of unbranched alkanes of at least 4 members (excludes halogenated alkanes) is 40. The second kappa shape index (κ2) is 60.0. The van der Waals surface area contributed by atoms with Crippen LogP contribution in [-0.4, -0.2) is 87.5 Å². The number of allylic oxidation sites excluding steroid dienone is 10. The number of rotatable bonds is 60. The van der Waals surface area contributed by atoms with Crippen LogP contribution in [0.2, 0.25) is 0 Å². The van der Waals surface area contributed by atoms with Crippen molar-refractivity contribution in [1.82, 2.24) is 5.32 Å². The molecule has 80 heavy (non-hydrogen) atoms. The predicted molar refractivity (Wildman–Crippen MR) is 341 cm³/mol. The van der Waals surface area contributed by atoms with Gasteiger partial charge in [0.05, 0.1) is 25.4 Å². The van der Waals surface area contributed by atoms with Gasteiger partial charge in [-0.1, -0.05) is 325 Å². The number of aliphatic hydroxyl groups excluding tert-OH is 5. The molecule has 0 radical (unpaired) electrons. The minimum absolute atomic E-state index is 0.136. The molecule has 1 saturated heterocycles. The standard InChI is InChI=1S/C71H131NO8/c1-3-5-7-9-11-13-15-17-19-21-23-25-27-29-30-31-32-33-34-35-36-37-39-41-43-45-47-49-51-53-55-57-59-61-67(75)72-64(63-79-71-70(78)69(77)68(76)66(62-73)80-71)65(74)60-58-56-54-52-50-48-46-44-42-40-38-28-26-24-22-20-18-16-14-12-10-8-6-4-2/h5,7,11,13,17,19,23,25,29-30,64-66,68-71,73-74,76-78H,3-4,6,8-10,12,14-16,18,20-22,24,26-28,31-63H2,1-2H3,(H,72,75)/b7-5-,13-11-,19-17-,25-23-,30-29-. The Labute approximate surface area is 494 Å². The maximum absolute atomic E-state index is 13.1. The zero-order valence-corrected chi connectivity index (χ0v) is 52.3. The Kier molecular flexibility index (Phi) is 57.0. The number of hydrogen-bond donors (Lipinski definition) is 6. The SMILES string of the molecule is CC/C=C\C/C=C\C/C=C\C/C=C\C/C=C\CCCCCCCCCCCCCCCCCCCC(=O)NC(COC1OC(CO)C(O)C(O)C1O)C(O)CCCCCCCCCCCCCCCCCCCCCCCCCC. The summed E-state index contributed by atoms with van der Waals surface area (Å²) in [6.07, 6.45) is 75.6. The summed E-state index contributed by atoms with van der Waals surface area (Å²) in [6.45, 7) is 3.77. The van der Waals surface area contributed by atoms with E-state index in [9.17, 15) is 30.3 Å². The van der Waals surface area contributed by atoms with E-state index >= 15 is 0 Å². The lowest BCUT2D eigenvalue weighted by molar-refractivity contribution is -0.302. The van der Waals surface area contributed by atoms with Gasteiger partial charge in [-0.25, -0.2) is 0 Å². The molecular weight excluding hydrogens is 995 g/mol. The quantitative estimate of drug-likeness (QED) is 0.0261. The van der Waals surface area contributed by atoms with Crippen LogP contribution in [0.25, 0.3) is 0 Å². The van der Waals surface area contributed by atoms with Crippen LogP contribution in [0.1, 0.15) is 328 Å². The van der Waals surface area contributed by atoms with Gasteiger partial charge in [-0.05, 0) is 57.8 Å². The highest BCUT2D eigenvalue weighted by molar-refractivity contribution is 5.76. The summed E-state index contributed by atoms with van der Waals surface area (Å²) in [6, 6.07) is -0.721. The maximum atomic E-state index is 13.1. The van der Waals surface area contributed by atoms with Crippen LogP contribution in [0, 0.1) is 0 Å². The number of nitrogens with one attached hydrogen (secondary N) is 1. The van der Waals surface area contributed by atoms with Gasteiger partial charge in [0, 0.05) is 6.42 Å². The first-order valence-corrected chi connectivity index (χ1v) is 34.5. The van der Waals surface area contributed by atoms with Gasteiger partial charge in [0.25, 0.3) is 0 Å². The van der Waals surface area contributed by atoms with Crippen molar-refractivity contribution >= 4 is 5.91 Å². The Balaban J connectivity index is 2.11. The summed E-state index contributed by atoms with van der Waals surface area (Å²) in [7, 11) is 0. The van der Waals surface area contributed by atoms with Crippen LogP contribution in [0.4, 0.5) is 0 Å². The molecule has 7 unspecified atom stereocenters. The highest BCUT2D eigenvalue weighted by atomic mass is 16.7. The average molecular weight is 1130 g/mol. The number of ether oxygens (including phenoxy) is 2. The molecule has 1 fully saturated rings. The number of hydrogen-bond acceptors (Lipinski definition) is 8. The third kappa shape index (κ3) is 48.3. The molecule has 468 valence electrons. The van der Waals surface area contributed by atoms with Crippen molar-refractivity contribution in [3.63, 3.8) is 0 Å².